The third-order valence-corrected chi connectivity index (χ3v) is 4.18. The summed E-state index contributed by atoms with van der Waals surface area (Å²) in [7, 11) is 0. The number of hydrogen-bond acceptors (Lipinski definition) is 3. The number of halogens is 2. The van der Waals surface area contributed by atoms with E-state index < -0.39 is 5.91 Å². The fourth-order valence-electron chi connectivity index (χ4n) is 2.29. The lowest BCUT2D eigenvalue weighted by Gasteiger charge is -2.22. The smallest absolute Gasteiger partial charge is 0.244 e. The van der Waals surface area contributed by atoms with Crippen LogP contribution in [0.15, 0.2) is 42.5 Å². The normalized spacial score (nSPS) is 10.2. The molecule has 0 spiro atoms. The topological polar surface area (TPSA) is 78.5 Å². The lowest BCUT2D eigenvalue weighted by Crippen LogP contribution is -2.36. The van der Waals surface area contributed by atoms with Crippen LogP contribution >= 0.6 is 23.2 Å². The third kappa shape index (κ3) is 5.21. The van der Waals surface area contributed by atoms with E-state index in [1.165, 1.54) is 18.7 Å². The molecule has 0 saturated carbocycles. The lowest BCUT2D eigenvalue weighted by atomic mass is 10.2. The summed E-state index contributed by atoms with van der Waals surface area (Å²) in [6.07, 6.45) is 0. The van der Waals surface area contributed by atoms with Gasteiger partial charge in [-0.15, -0.1) is 0 Å². The van der Waals surface area contributed by atoms with Crippen LogP contribution in [0.1, 0.15) is 13.8 Å². The molecule has 26 heavy (non-hydrogen) atoms. The van der Waals surface area contributed by atoms with Gasteiger partial charge in [-0.2, -0.15) is 0 Å². The summed E-state index contributed by atoms with van der Waals surface area (Å²) in [5.41, 5.74) is 1.40. The molecular weight excluding hydrogens is 377 g/mol. The average molecular weight is 394 g/mol. The first-order chi connectivity index (χ1) is 12.3. The maximum Gasteiger partial charge on any atom is 0.244 e. The number of benzene rings is 2. The molecule has 0 unspecified atom stereocenters. The Kier molecular flexibility index (Phi) is 6.60. The van der Waals surface area contributed by atoms with Crippen molar-refractivity contribution in [2.45, 2.75) is 13.8 Å². The number of carbonyl (C=O) groups is 3. The Bertz CT molecular complexity index is 855. The van der Waals surface area contributed by atoms with Gasteiger partial charge in [0.15, 0.2) is 0 Å². The van der Waals surface area contributed by atoms with Gasteiger partial charge in [0.1, 0.15) is 6.54 Å². The molecule has 3 amide bonds. The predicted molar refractivity (Wildman–Crippen MR) is 104 cm³/mol. The summed E-state index contributed by atoms with van der Waals surface area (Å²) >= 11 is 12.1. The van der Waals surface area contributed by atoms with Crippen LogP contribution in [0.4, 0.5) is 17.1 Å². The van der Waals surface area contributed by atoms with Gasteiger partial charge in [-0.05, 0) is 30.3 Å². The molecule has 2 N–H and O–H groups in total. The van der Waals surface area contributed by atoms with E-state index >= 15 is 0 Å². The van der Waals surface area contributed by atoms with Gasteiger partial charge in [-0.1, -0.05) is 35.3 Å². The van der Waals surface area contributed by atoms with Crippen molar-refractivity contribution in [1.82, 2.24) is 0 Å². The van der Waals surface area contributed by atoms with Crippen molar-refractivity contribution in [3.8, 4) is 0 Å². The Morgan fingerprint density at radius 2 is 1.58 bits per heavy atom. The maximum absolute atomic E-state index is 12.4. The molecule has 2 aromatic carbocycles. The van der Waals surface area contributed by atoms with Crippen molar-refractivity contribution in [1.29, 1.82) is 0 Å². The molecule has 0 atom stereocenters. The molecule has 0 aromatic heterocycles. The van der Waals surface area contributed by atoms with E-state index in [9.17, 15) is 14.4 Å². The molecule has 0 heterocycles. The lowest BCUT2D eigenvalue weighted by molar-refractivity contribution is -0.120. The van der Waals surface area contributed by atoms with Crippen LogP contribution in [-0.2, 0) is 14.4 Å². The zero-order valence-electron chi connectivity index (χ0n) is 14.2. The molecule has 2 aromatic rings. The molecular formula is C18H17Cl2N3O3. The molecule has 6 nitrogen and oxygen atoms in total. The summed E-state index contributed by atoms with van der Waals surface area (Å²) in [5.74, 6) is -0.987. The fourth-order valence-corrected chi connectivity index (χ4v) is 2.69. The van der Waals surface area contributed by atoms with Gasteiger partial charge >= 0.3 is 0 Å². The number of rotatable bonds is 5. The largest absolute Gasteiger partial charge is 0.326 e. The standard InChI is InChI=1S/C18H17Cl2N3O3/c1-11(24)21-13-5-3-6-14(9-13)22-17(26)10-23(12(2)25)16-8-4-7-15(19)18(16)20/h3-9H,10H2,1-2H3,(H,21,24)(H,22,26). The first-order valence-corrected chi connectivity index (χ1v) is 8.43. The minimum atomic E-state index is -0.420. The second kappa shape index (κ2) is 8.69. The van der Waals surface area contributed by atoms with Crippen LogP contribution < -0.4 is 15.5 Å². The van der Waals surface area contributed by atoms with Crippen molar-refractivity contribution >= 4 is 58.0 Å². The van der Waals surface area contributed by atoms with E-state index in [0.717, 1.165) is 0 Å². The van der Waals surface area contributed by atoms with Gasteiger partial charge in [0.05, 0.1) is 15.7 Å². The highest BCUT2D eigenvalue weighted by Crippen LogP contribution is 2.32. The highest BCUT2D eigenvalue weighted by molar-refractivity contribution is 6.44. The van der Waals surface area contributed by atoms with Crippen molar-refractivity contribution < 1.29 is 14.4 Å². The van der Waals surface area contributed by atoms with Crippen molar-refractivity contribution in [3.63, 3.8) is 0 Å². The minimum absolute atomic E-state index is 0.199. The molecule has 0 bridgehead atoms. The zero-order valence-corrected chi connectivity index (χ0v) is 15.7. The number of amides is 3. The Balaban J connectivity index is 2.15. The Morgan fingerprint density at radius 3 is 2.19 bits per heavy atom. The zero-order chi connectivity index (χ0) is 19.3. The van der Waals surface area contributed by atoms with E-state index in [-0.39, 0.29) is 23.4 Å². The van der Waals surface area contributed by atoms with E-state index in [1.807, 2.05) is 0 Å². The molecule has 0 aliphatic rings. The second-order valence-electron chi connectivity index (χ2n) is 5.49. The van der Waals surface area contributed by atoms with Crippen LogP contribution in [0.3, 0.4) is 0 Å². The maximum atomic E-state index is 12.4. The predicted octanol–water partition coefficient (Wildman–Crippen LogP) is 3.94. The summed E-state index contributed by atoms with van der Waals surface area (Å²) in [6.45, 7) is 2.49. The Hall–Kier alpha value is -2.57. The minimum Gasteiger partial charge on any atom is -0.326 e. The average Bonchev–Trinajstić information content (AvgIpc) is 2.55. The van der Waals surface area contributed by atoms with E-state index in [0.29, 0.717) is 22.1 Å². The quantitative estimate of drug-likeness (QED) is 0.806. The van der Waals surface area contributed by atoms with Crippen LogP contribution in [0.5, 0.6) is 0 Å². The van der Waals surface area contributed by atoms with Gasteiger partial charge in [-0.25, -0.2) is 0 Å². The van der Waals surface area contributed by atoms with Gasteiger partial charge in [0.2, 0.25) is 17.7 Å². The van der Waals surface area contributed by atoms with Crippen molar-refractivity contribution in [2.24, 2.45) is 0 Å². The molecule has 8 heteroatoms. The monoisotopic (exact) mass is 393 g/mol. The van der Waals surface area contributed by atoms with Crippen LogP contribution in [0.25, 0.3) is 0 Å². The van der Waals surface area contributed by atoms with Crippen LogP contribution in [-0.4, -0.2) is 24.3 Å². The molecule has 0 fully saturated rings. The number of hydrogen-bond donors (Lipinski definition) is 2. The number of anilines is 3. The highest BCUT2D eigenvalue weighted by Gasteiger charge is 2.19. The summed E-state index contributed by atoms with van der Waals surface area (Å²) in [4.78, 5) is 36.7. The van der Waals surface area contributed by atoms with E-state index in [4.69, 9.17) is 23.2 Å². The molecule has 0 aliphatic heterocycles. The van der Waals surface area contributed by atoms with E-state index in [2.05, 4.69) is 10.6 Å². The summed E-state index contributed by atoms with van der Waals surface area (Å²) in [6, 6.07) is 11.5. The summed E-state index contributed by atoms with van der Waals surface area (Å²) in [5, 5.41) is 5.80. The molecule has 136 valence electrons. The first-order valence-electron chi connectivity index (χ1n) is 7.67. The molecule has 0 saturated heterocycles. The fraction of sp³-hybridized carbons (Fsp3) is 0.167. The molecule has 0 aliphatic carbocycles. The highest BCUT2D eigenvalue weighted by atomic mass is 35.5. The Labute approximate surface area is 161 Å². The van der Waals surface area contributed by atoms with Gasteiger partial charge in [-0.3, -0.25) is 14.4 Å². The Morgan fingerprint density at radius 1 is 0.962 bits per heavy atom. The SMILES string of the molecule is CC(=O)Nc1cccc(NC(=O)CN(C(C)=O)c2cccc(Cl)c2Cl)c1. The van der Waals surface area contributed by atoms with Crippen LogP contribution in [0, 0.1) is 0 Å². The number of nitrogens with one attached hydrogen (secondary N) is 2. The van der Waals surface area contributed by atoms with Crippen molar-refractivity contribution in [2.75, 3.05) is 22.1 Å². The number of carbonyl (C=O) groups excluding carboxylic acids is 3. The van der Waals surface area contributed by atoms with E-state index in [1.54, 1.807) is 42.5 Å². The van der Waals surface area contributed by atoms with Crippen LogP contribution in [0.2, 0.25) is 10.0 Å². The van der Waals surface area contributed by atoms with Crippen molar-refractivity contribution in [3.05, 3.63) is 52.5 Å². The second-order valence-corrected chi connectivity index (χ2v) is 6.27. The summed E-state index contributed by atoms with van der Waals surface area (Å²) < 4.78 is 0. The molecule has 0 radical (unpaired) electrons. The third-order valence-electron chi connectivity index (χ3n) is 3.37. The van der Waals surface area contributed by atoms with Gasteiger partial charge in [0, 0.05) is 25.2 Å². The number of nitrogens with zero attached hydrogens (tertiary/aromatic N) is 1. The first kappa shape index (κ1) is 19.8. The van der Waals surface area contributed by atoms with Gasteiger partial charge < -0.3 is 15.5 Å². The molecule has 2 rings (SSSR count). The van der Waals surface area contributed by atoms with Gasteiger partial charge in [0.25, 0.3) is 0 Å².